The van der Waals surface area contributed by atoms with Gasteiger partial charge in [-0.2, -0.15) is 0 Å². The van der Waals surface area contributed by atoms with Crippen molar-refractivity contribution < 1.29 is 4.74 Å². The molecular formula is C17H24N2O. The lowest BCUT2D eigenvalue weighted by Crippen LogP contribution is -2.43. The minimum atomic E-state index is 0.555. The van der Waals surface area contributed by atoms with Crippen molar-refractivity contribution in [3.8, 4) is 5.75 Å². The first-order valence-electron chi connectivity index (χ1n) is 7.66. The van der Waals surface area contributed by atoms with Crippen LogP contribution in [0.3, 0.4) is 0 Å². The van der Waals surface area contributed by atoms with Gasteiger partial charge in [-0.25, -0.2) is 0 Å². The van der Waals surface area contributed by atoms with Crippen LogP contribution in [0.2, 0.25) is 0 Å². The van der Waals surface area contributed by atoms with E-state index in [0.717, 1.165) is 45.0 Å². The van der Waals surface area contributed by atoms with Crippen LogP contribution in [0, 0.1) is 0 Å². The van der Waals surface area contributed by atoms with Crippen LogP contribution in [0.25, 0.3) is 5.57 Å². The molecule has 1 N–H and O–H groups in total. The van der Waals surface area contributed by atoms with Crippen molar-refractivity contribution in [3.05, 3.63) is 35.4 Å². The van der Waals surface area contributed by atoms with Gasteiger partial charge in [0.2, 0.25) is 0 Å². The van der Waals surface area contributed by atoms with E-state index in [1.54, 1.807) is 0 Å². The van der Waals surface area contributed by atoms with Gasteiger partial charge in [0.25, 0.3) is 0 Å². The van der Waals surface area contributed by atoms with Gasteiger partial charge < -0.3 is 10.1 Å². The van der Waals surface area contributed by atoms with Crippen LogP contribution in [-0.2, 0) is 0 Å². The standard InChI is InChI=1S/C17H24N2O/c1-3-18-13(2)10-19-9-8-15-14(11-19)12-20-17-7-5-4-6-16(15)17/h4-7,13,18H,3,8-12H2,1-2H3. The lowest BCUT2D eigenvalue weighted by atomic mass is 9.91. The number of likely N-dealkylation sites (N-methyl/N-ethyl adjacent to an activating group) is 1. The molecular weight excluding hydrogens is 248 g/mol. The van der Waals surface area contributed by atoms with Crippen LogP contribution in [-0.4, -0.2) is 43.7 Å². The van der Waals surface area contributed by atoms with Crippen LogP contribution in [0.15, 0.2) is 29.8 Å². The van der Waals surface area contributed by atoms with Crippen molar-refractivity contribution in [3.63, 3.8) is 0 Å². The second kappa shape index (κ2) is 5.98. The third kappa shape index (κ3) is 2.74. The topological polar surface area (TPSA) is 24.5 Å². The van der Waals surface area contributed by atoms with Crippen molar-refractivity contribution in [1.29, 1.82) is 0 Å². The molecule has 0 aliphatic carbocycles. The fourth-order valence-electron chi connectivity index (χ4n) is 3.31. The van der Waals surface area contributed by atoms with Crippen molar-refractivity contribution in [2.24, 2.45) is 0 Å². The Morgan fingerprint density at radius 3 is 3.05 bits per heavy atom. The van der Waals surface area contributed by atoms with Gasteiger partial charge in [0.05, 0.1) is 0 Å². The van der Waals surface area contributed by atoms with Gasteiger partial charge in [0.15, 0.2) is 0 Å². The number of para-hydroxylation sites is 1. The summed E-state index contributed by atoms with van der Waals surface area (Å²) in [5.74, 6) is 1.06. The van der Waals surface area contributed by atoms with E-state index in [0.29, 0.717) is 6.04 Å². The fraction of sp³-hybridized carbons (Fsp3) is 0.529. The summed E-state index contributed by atoms with van der Waals surface area (Å²) in [4.78, 5) is 2.55. The molecule has 0 bridgehead atoms. The predicted molar refractivity (Wildman–Crippen MR) is 83.1 cm³/mol. The molecule has 1 aromatic rings. The first-order valence-corrected chi connectivity index (χ1v) is 7.66. The minimum absolute atomic E-state index is 0.555. The molecule has 1 atom stereocenters. The predicted octanol–water partition coefficient (Wildman–Crippen LogP) is 2.54. The van der Waals surface area contributed by atoms with E-state index in [4.69, 9.17) is 4.74 Å². The van der Waals surface area contributed by atoms with Gasteiger partial charge in [-0.3, -0.25) is 4.90 Å². The molecule has 1 unspecified atom stereocenters. The fourth-order valence-corrected chi connectivity index (χ4v) is 3.31. The molecule has 3 heteroatoms. The van der Waals surface area contributed by atoms with Gasteiger partial charge in [0.1, 0.15) is 12.4 Å². The van der Waals surface area contributed by atoms with Crippen LogP contribution < -0.4 is 10.1 Å². The summed E-state index contributed by atoms with van der Waals surface area (Å²) in [6.45, 7) is 9.56. The molecule has 108 valence electrons. The Balaban J connectivity index is 1.72. The summed E-state index contributed by atoms with van der Waals surface area (Å²) in [6, 6.07) is 8.99. The molecule has 0 saturated carbocycles. The van der Waals surface area contributed by atoms with E-state index in [9.17, 15) is 0 Å². The van der Waals surface area contributed by atoms with Gasteiger partial charge in [0, 0.05) is 31.2 Å². The average Bonchev–Trinajstić information content (AvgIpc) is 2.47. The normalized spacial score (nSPS) is 20.1. The summed E-state index contributed by atoms with van der Waals surface area (Å²) < 4.78 is 5.89. The summed E-state index contributed by atoms with van der Waals surface area (Å²) in [5, 5.41) is 3.49. The molecule has 2 aliphatic heterocycles. The van der Waals surface area contributed by atoms with E-state index in [-0.39, 0.29) is 0 Å². The van der Waals surface area contributed by atoms with Crippen molar-refractivity contribution in [2.45, 2.75) is 26.3 Å². The highest BCUT2D eigenvalue weighted by Crippen LogP contribution is 2.37. The summed E-state index contributed by atoms with van der Waals surface area (Å²) in [5.41, 5.74) is 4.31. The molecule has 2 aliphatic rings. The Hall–Kier alpha value is -1.32. The first-order chi connectivity index (χ1) is 9.78. The molecule has 0 radical (unpaired) electrons. The zero-order valence-electron chi connectivity index (χ0n) is 12.5. The number of hydrogen-bond acceptors (Lipinski definition) is 3. The minimum Gasteiger partial charge on any atom is -0.489 e. The molecule has 0 fully saturated rings. The lowest BCUT2D eigenvalue weighted by molar-refractivity contribution is 0.243. The van der Waals surface area contributed by atoms with E-state index in [1.807, 2.05) is 0 Å². The molecule has 3 nitrogen and oxygen atoms in total. The molecule has 0 spiro atoms. The van der Waals surface area contributed by atoms with Crippen LogP contribution in [0.5, 0.6) is 5.75 Å². The van der Waals surface area contributed by atoms with Crippen LogP contribution >= 0.6 is 0 Å². The third-order valence-corrected chi connectivity index (χ3v) is 4.22. The highest BCUT2D eigenvalue weighted by Gasteiger charge is 2.25. The molecule has 3 rings (SSSR count). The summed E-state index contributed by atoms with van der Waals surface area (Å²) >= 11 is 0. The number of hydrogen-bond donors (Lipinski definition) is 1. The molecule has 2 heterocycles. The third-order valence-electron chi connectivity index (χ3n) is 4.22. The van der Waals surface area contributed by atoms with Crippen LogP contribution in [0.1, 0.15) is 25.8 Å². The summed E-state index contributed by atoms with van der Waals surface area (Å²) in [7, 11) is 0. The Kier molecular flexibility index (Phi) is 4.08. The average molecular weight is 272 g/mol. The van der Waals surface area contributed by atoms with Crippen molar-refractivity contribution in [2.75, 3.05) is 32.8 Å². The Morgan fingerprint density at radius 1 is 1.35 bits per heavy atom. The maximum Gasteiger partial charge on any atom is 0.127 e. The second-order valence-corrected chi connectivity index (χ2v) is 5.81. The van der Waals surface area contributed by atoms with E-state index >= 15 is 0 Å². The number of ether oxygens (including phenoxy) is 1. The van der Waals surface area contributed by atoms with E-state index < -0.39 is 0 Å². The molecule has 20 heavy (non-hydrogen) atoms. The highest BCUT2D eigenvalue weighted by atomic mass is 16.5. The Labute approximate surface area is 121 Å². The zero-order chi connectivity index (χ0) is 13.9. The molecule has 1 aromatic carbocycles. The number of rotatable bonds is 4. The van der Waals surface area contributed by atoms with E-state index in [1.165, 1.54) is 16.7 Å². The van der Waals surface area contributed by atoms with Crippen molar-refractivity contribution in [1.82, 2.24) is 10.2 Å². The number of nitrogens with one attached hydrogen (secondary N) is 1. The van der Waals surface area contributed by atoms with Gasteiger partial charge >= 0.3 is 0 Å². The quantitative estimate of drug-likeness (QED) is 0.911. The zero-order valence-corrected chi connectivity index (χ0v) is 12.5. The smallest absolute Gasteiger partial charge is 0.127 e. The largest absolute Gasteiger partial charge is 0.489 e. The van der Waals surface area contributed by atoms with Gasteiger partial charge in [-0.1, -0.05) is 25.1 Å². The Bertz CT molecular complexity index is 509. The first kappa shape index (κ1) is 13.7. The monoisotopic (exact) mass is 272 g/mol. The lowest BCUT2D eigenvalue weighted by Gasteiger charge is -2.35. The highest BCUT2D eigenvalue weighted by molar-refractivity contribution is 5.75. The maximum atomic E-state index is 5.89. The molecule has 0 saturated heterocycles. The van der Waals surface area contributed by atoms with Crippen LogP contribution in [0.4, 0.5) is 0 Å². The van der Waals surface area contributed by atoms with Gasteiger partial charge in [-0.15, -0.1) is 0 Å². The SMILES string of the molecule is CCNC(C)CN1CCC2=C(COc3ccccc32)C1. The summed E-state index contributed by atoms with van der Waals surface area (Å²) in [6.07, 6.45) is 1.15. The maximum absolute atomic E-state index is 5.89. The number of nitrogens with zero attached hydrogens (tertiary/aromatic N) is 1. The van der Waals surface area contributed by atoms with Crippen molar-refractivity contribution >= 4 is 5.57 Å². The number of fused-ring (bicyclic) bond motifs is 2. The Morgan fingerprint density at radius 2 is 2.20 bits per heavy atom. The molecule has 0 amide bonds. The molecule has 0 aromatic heterocycles. The van der Waals surface area contributed by atoms with Gasteiger partial charge in [-0.05, 0) is 37.1 Å². The number of benzene rings is 1. The second-order valence-electron chi connectivity index (χ2n) is 5.81. The van der Waals surface area contributed by atoms with E-state index in [2.05, 4.69) is 48.3 Å².